The van der Waals surface area contributed by atoms with Crippen LogP contribution in [0.3, 0.4) is 0 Å². The third-order valence-corrected chi connectivity index (χ3v) is 5.67. The van der Waals surface area contributed by atoms with Crippen LogP contribution in [0.1, 0.15) is 21.6 Å². The van der Waals surface area contributed by atoms with Gasteiger partial charge in [-0.2, -0.15) is 9.61 Å². The molecule has 4 heterocycles. The summed E-state index contributed by atoms with van der Waals surface area (Å²) in [5.41, 5.74) is 0. The quantitative estimate of drug-likeness (QED) is 0.503. The van der Waals surface area contributed by atoms with Gasteiger partial charge in [0.15, 0.2) is 10.2 Å². The lowest BCUT2D eigenvalue weighted by Crippen LogP contribution is -1.93. The van der Waals surface area contributed by atoms with Crippen LogP contribution >= 0.6 is 34.4 Å². The summed E-state index contributed by atoms with van der Waals surface area (Å²) in [6, 6.07) is 3.74. The van der Waals surface area contributed by atoms with Crippen molar-refractivity contribution in [3.05, 3.63) is 40.0 Å². The second-order valence-electron chi connectivity index (χ2n) is 4.48. The van der Waals surface area contributed by atoms with Crippen molar-refractivity contribution in [2.24, 2.45) is 0 Å². The fourth-order valence-electron chi connectivity index (χ4n) is 1.83. The number of thioether (sulfide) groups is 1. The molecule has 0 aromatic carbocycles. The Bertz CT molecular complexity index is 952. The molecule has 0 N–H and O–H groups in total. The molecule has 0 fully saturated rings. The van der Waals surface area contributed by atoms with Crippen LogP contribution in [0, 0.1) is 6.92 Å². The molecule has 4 aromatic heterocycles. The van der Waals surface area contributed by atoms with E-state index in [1.54, 1.807) is 33.9 Å². The van der Waals surface area contributed by atoms with E-state index >= 15 is 0 Å². The van der Waals surface area contributed by atoms with Gasteiger partial charge < -0.3 is 4.42 Å². The normalized spacial score (nSPS) is 11.9. The molecule has 23 heavy (non-hydrogen) atoms. The number of furan rings is 1. The highest BCUT2D eigenvalue weighted by Gasteiger charge is 2.12. The van der Waals surface area contributed by atoms with E-state index in [2.05, 4.69) is 25.5 Å². The predicted octanol–water partition coefficient (Wildman–Crippen LogP) is 3.40. The van der Waals surface area contributed by atoms with E-state index in [1.807, 2.05) is 31.2 Å². The van der Waals surface area contributed by atoms with Crippen molar-refractivity contribution in [3.8, 4) is 0 Å². The standard InChI is InChI=1S/C13H10N6OS3/c1-8-14-17-13(22-8)21-7-10-15-16-12-19(10)18-11(23-12)5-4-9-3-2-6-20-9/h2-6H,7H2,1H3/b5-4+. The summed E-state index contributed by atoms with van der Waals surface area (Å²) in [7, 11) is 0. The molecule has 0 bridgehead atoms. The van der Waals surface area contributed by atoms with Gasteiger partial charge in [-0.05, 0) is 31.2 Å². The fourth-order valence-corrected chi connectivity index (χ4v) is 4.31. The van der Waals surface area contributed by atoms with E-state index < -0.39 is 0 Å². The summed E-state index contributed by atoms with van der Waals surface area (Å²) < 4.78 is 7.96. The second-order valence-corrected chi connectivity index (χ2v) is 7.87. The van der Waals surface area contributed by atoms with Gasteiger partial charge in [-0.25, -0.2) is 0 Å². The summed E-state index contributed by atoms with van der Waals surface area (Å²) in [6.07, 6.45) is 5.43. The summed E-state index contributed by atoms with van der Waals surface area (Å²) in [5.74, 6) is 2.24. The minimum atomic E-state index is 0.654. The van der Waals surface area contributed by atoms with E-state index in [9.17, 15) is 0 Å². The summed E-state index contributed by atoms with van der Waals surface area (Å²) >= 11 is 4.64. The lowest BCUT2D eigenvalue weighted by molar-refractivity contribution is 0.557. The van der Waals surface area contributed by atoms with E-state index in [-0.39, 0.29) is 0 Å². The lowest BCUT2D eigenvalue weighted by Gasteiger charge is -1.93. The van der Waals surface area contributed by atoms with Crippen molar-refractivity contribution in [2.75, 3.05) is 0 Å². The Morgan fingerprint density at radius 3 is 2.96 bits per heavy atom. The molecule has 0 saturated carbocycles. The predicted molar refractivity (Wildman–Crippen MR) is 90.5 cm³/mol. The lowest BCUT2D eigenvalue weighted by atomic mass is 10.4. The maximum Gasteiger partial charge on any atom is 0.234 e. The Hall–Kier alpha value is -2.04. The molecule has 0 aliphatic carbocycles. The minimum Gasteiger partial charge on any atom is -0.465 e. The van der Waals surface area contributed by atoms with Crippen molar-refractivity contribution >= 4 is 51.5 Å². The van der Waals surface area contributed by atoms with Crippen molar-refractivity contribution in [3.63, 3.8) is 0 Å². The molecule has 0 aliphatic heterocycles. The molecule has 4 rings (SSSR count). The molecule has 116 valence electrons. The van der Waals surface area contributed by atoms with E-state index in [0.29, 0.717) is 5.75 Å². The molecule has 0 radical (unpaired) electrons. The van der Waals surface area contributed by atoms with Gasteiger partial charge in [0.25, 0.3) is 0 Å². The first-order valence-corrected chi connectivity index (χ1v) is 9.25. The van der Waals surface area contributed by atoms with Crippen LogP contribution in [0.2, 0.25) is 0 Å². The SMILES string of the molecule is Cc1nnc(SCc2nnc3sc(/C=C/c4ccco4)nn23)s1. The van der Waals surface area contributed by atoms with Crippen LogP contribution in [-0.2, 0) is 5.75 Å². The molecular formula is C13H10N6OS3. The van der Waals surface area contributed by atoms with Gasteiger partial charge in [-0.1, -0.05) is 34.4 Å². The number of hydrogen-bond acceptors (Lipinski definition) is 9. The molecule has 0 amide bonds. The van der Waals surface area contributed by atoms with Crippen molar-refractivity contribution in [1.29, 1.82) is 0 Å². The highest BCUT2D eigenvalue weighted by atomic mass is 32.2. The molecule has 10 heteroatoms. The van der Waals surface area contributed by atoms with Gasteiger partial charge in [0.05, 0.1) is 12.0 Å². The Kier molecular flexibility index (Phi) is 3.93. The van der Waals surface area contributed by atoms with E-state index in [0.717, 1.165) is 30.9 Å². The van der Waals surface area contributed by atoms with Gasteiger partial charge in [0.2, 0.25) is 4.96 Å². The van der Waals surface area contributed by atoms with Crippen LogP contribution in [-0.4, -0.2) is 30.0 Å². The average molecular weight is 362 g/mol. The Balaban J connectivity index is 1.52. The summed E-state index contributed by atoms with van der Waals surface area (Å²) in [6.45, 7) is 1.94. The van der Waals surface area contributed by atoms with Crippen LogP contribution in [0.15, 0.2) is 27.2 Å². The minimum absolute atomic E-state index is 0.654. The third-order valence-electron chi connectivity index (χ3n) is 2.84. The average Bonchev–Trinajstić information content (AvgIpc) is 3.29. The van der Waals surface area contributed by atoms with Crippen molar-refractivity contribution in [2.45, 2.75) is 17.0 Å². The Morgan fingerprint density at radius 2 is 2.17 bits per heavy atom. The van der Waals surface area contributed by atoms with Gasteiger partial charge in [-0.15, -0.1) is 20.4 Å². The number of aromatic nitrogens is 6. The van der Waals surface area contributed by atoms with Crippen LogP contribution in [0.5, 0.6) is 0 Å². The van der Waals surface area contributed by atoms with Crippen LogP contribution < -0.4 is 0 Å². The molecule has 0 aliphatic rings. The summed E-state index contributed by atoms with van der Waals surface area (Å²) in [5, 5.41) is 22.8. The highest BCUT2D eigenvalue weighted by Crippen LogP contribution is 2.26. The number of aryl methyl sites for hydroxylation is 1. The summed E-state index contributed by atoms with van der Waals surface area (Å²) in [4.78, 5) is 0.771. The molecule has 0 saturated heterocycles. The maximum absolute atomic E-state index is 5.26. The van der Waals surface area contributed by atoms with Crippen LogP contribution in [0.4, 0.5) is 0 Å². The van der Waals surface area contributed by atoms with Gasteiger partial charge in [-0.3, -0.25) is 0 Å². The number of nitrogens with zero attached hydrogens (tertiary/aromatic N) is 6. The Morgan fingerprint density at radius 1 is 1.22 bits per heavy atom. The third kappa shape index (κ3) is 3.19. The zero-order valence-electron chi connectivity index (χ0n) is 11.9. The van der Waals surface area contributed by atoms with Crippen molar-refractivity contribution in [1.82, 2.24) is 30.0 Å². The first kappa shape index (κ1) is 14.5. The first-order chi connectivity index (χ1) is 11.3. The van der Waals surface area contributed by atoms with Crippen LogP contribution in [0.25, 0.3) is 17.1 Å². The smallest absolute Gasteiger partial charge is 0.234 e. The Labute approximate surface area is 143 Å². The molecule has 0 atom stereocenters. The van der Waals surface area contributed by atoms with E-state index in [4.69, 9.17) is 4.42 Å². The maximum atomic E-state index is 5.26. The highest BCUT2D eigenvalue weighted by molar-refractivity contribution is 8.00. The van der Waals surface area contributed by atoms with E-state index in [1.165, 1.54) is 11.3 Å². The zero-order chi connectivity index (χ0) is 15.6. The van der Waals surface area contributed by atoms with Gasteiger partial charge in [0, 0.05) is 0 Å². The molecule has 7 nitrogen and oxygen atoms in total. The first-order valence-electron chi connectivity index (χ1n) is 6.63. The zero-order valence-corrected chi connectivity index (χ0v) is 14.4. The number of hydrogen-bond donors (Lipinski definition) is 0. The molecule has 0 spiro atoms. The molecule has 0 unspecified atom stereocenters. The number of rotatable bonds is 5. The fraction of sp³-hybridized carbons (Fsp3) is 0.154. The van der Waals surface area contributed by atoms with Gasteiger partial charge in [0.1, 0.15) is 15.8 Å². The monoisotopic (exact) mass is 362 g/mol. The molecular weight excluding hydrogens is 352 g/mol. The van der Waals surface area contributed by atoms with Gasteiger partial charge >= 0.3 is 0 Å². The second kappa shape index (κ2) is 6.22. The largest absolute Gasteiger partial charge is 0.465 e. The van der Waals surface area contributed by atoms with Crippen molar-refractivity contribution < 1.29 is 4.42 Å². The topological polar surface area (TPSA) is 82.0 Å². The molecule has 4 aromatic rings. The number of fused-ring (bicyclic) bond motifs is 1.